The first-order valence-electron chi connectivity index (χ1n) is 6.18. The van der Waals surface area contributed by atoms with Crippen molar-refractivity contribution in [3.8, 4) is 11.6 Å². The van der Waals surface area contributed by atoms with Gasteiger partial charge in [-0.2, -0.15) is 0 Å². The normalized spacial score (nSPS) is 12.2. The van der Waals surface area contributed by atoms with Crippen LogP contribution in [0.15, 0.2) is 36.5 Å². The van der Waals surface area contributed by atoms with Gasteiger partial charge in [0.25, 0.3) is 0 Å². The van der Waals surface area contributed by atoms with Crippen LogP contribution in [-0.4, -0.2) is 12.0 Å². The lowest BCUT2D eigenvalue weighted by molar-refractivity contribution is 0.445. The molecular formula is C15H17FN2O. The fourth-order valence-corrected chi connectivity index (χ4v) is 1.77. The van der Waals surface area contributed by atoms with Crippen molar-refractivity contribution in [1.29, 1.82) is 0 Å². The van der Waals surface area contributed by atoms with Crippen LogP contribution in [0, 0.1) is 12.7 Å². The van der Waals surface area contributed by atoms with E-state index in [-0.39, 0.29) is 11.9 Å². The molecule has 1 heterocycles. The van der Waals surface area contributed by atoms with Crippen molar-refractivity contribution in [2.24, 2.45) is 0 Å². The summed E-state index contributed by atoms with van der Waals surface area (Å²) in [6.07, 6.45) is 1.68. The van der Waals surface area contributed by atoms with Gasteiger partial charge in [-0.15, -0.1) is 0 Å². The molecule has 0 saturated heterocycles. The average Bonchev–Trinajstić information content (AvgIpc) is 2.43. The molecule has 100 valence electrons. The van der Waals surface area contributed by atoms with Crippen LogP contribution in [0.2, 0.25) is 0 Å². The van der Waals surface area contributed by atoms with E-state index in [1.165, 1.54) is 6.07 Å². The Morgan fingerprint density at radius 1 is 1.32 bits per heavy atom. The maximum Gasteiger partial charge on any atom is 0.223 e. The van der Waals surface area contributed by atoms with Crippen molar-refractivity contribution in [3.63, 3.8) is 0 Å². The van der Waals surface area contributed by atoms with Gasteiger partial charge in [0.2, 0.25) is 5.88 Å². The highest BCUT2D eigenvalue weighted by molar-refractivity contribution is 5.36. The fourth-order valence-electron chi connectivity index (χ4n) is 1.77. The van der Waals surface area contributed by atoms with E-state index in [9.17, 15) is 4.39 Å². The number of pyridine rings is 1. The Labute approximate surface area is 112 Å². The molecule has 1 atom stereocenters. The molecule has 0 aliphatic carbocycles. The summed E-state index contributed by atoms with van der Waals surface area (Å²) in [6, 6.07) is 8.62. The summed E-state index contributed by atoms with van der Waals surface area (Å²) in [5.41, 5.74) is 1.52. The number of nitrogens with zero attached hydrogens (tertiary/aromatic N) is 1. The molecule has 4 heteroatoms. The lowest BCUT2D eigenvalue weighted by Crippen LogP contribution is -2.13. The lowest BCUT2D eigenvalue weighted by Gasteiger charge is -2.15. The highest BCUT2D eigenvalue weighted by Crippen LogP contribution is 2.27. The van der Waals surface area contributed by atoms with E-state index in [1.54, 1.807) is 25.3 Å². The van der Waals surface area contributed by atoms with Crippen LogP contribution in [0.25, 0.3) is 0 Å². The van der Waals surface area contributed by atoms with Crippen LogP contribution in [0.3, 0.4) is 0 Å². The van der Waals surface area contributed by atoms with E-state index < -0.39 is 0 Å². The standard InChI is InChI=1S/C15H17FN2O/c1-10-9-12(6-7-14(10)16)19-15-13(11(2)17-3)5-4-8-18-15/h4-9,11,17H,1-3H3. The molecule has 0 bridgehead atoms. The third kappa shape index (κ3) is 3.09. The molecule has 1 N–H and O–H groups in total. The molecule has 1 aromatic heterocycles. The summed E-state index contributed by atoms with van der Waals surface area (Å²) < 4.78 is 19.0. The van der Waals surface area contributed by atoms with Gasteiger partial charge < -0.3 is 10.1 Å². The fraction of sp³-hybridized carbons (Fsp3) is 0.267. The molecule has 2 rings (SSSR count). The minimum atomic E-state index is -0.239. The molecule has 0 saturated carbocycles. The maximum atomic E-state index is 13.2. The van der Waals surface area contributed by atoms with E-state index in [0.717, 1.165) is 5.56 Å². The molecule has 0 radical (unpaired) electrons. The second-order valence-corrected chi connectivity index (χ2v) is 4.42. The molecule has 0 amide bonds. The van der Waals surface area contributed by atoms with Gasteiger partial charge >= 0.3 is 0 Å². The topological polar surface area (TPSA) is 34.2 Å². The Morgan fingerprint density at radius 3 is 2.79 bits per heavy atom. The number of rotatable bonds is 4. The molecule has 0 spiro atoms. The summed E-state index contributed by atoms with van der Waals surface area (Å²) in [5.74, 6) is 0.884. The van der Waals surface area contributed by atoms with Crippen molar-refractivity contribution >= 4 is 0 Å². The van der Waals surface area contributed by atoms with Crippen LogP contribution >= 0.6 is 0 Å². The van der Waals surface area contributed by atoms with Crippen molar-refractivity contribution in [3.05, 3.63) is 53.5 Å². The Hall–Kier alpha value is -1.94. The largest absolute Gasteiger partial charge is 0.439 e. The number of halogens is 1. The average molecular weight is 260 g/mol. The molecule has 1 aromatic carbocycles. The van der Waals surface area contributed by atoms with Gasteiger partial charge in [0.05, 0.1) is 0 Å². The summed E-state index contributed by atoms with van der Waals surface area (Å²) in [4.78, 5) is 4.24. The predicted molar refractivity (Wildman–Crippen MR) is 72.9 cm³/mol. The number of benzene rings is 1. The Morgan fingerprint density at radius 2 is 2.11 bits per heavy atom. The second-order valence-electron chi connectivity index (χ2n) is 4.42. The van der Waals surface area contributed by atoms with E-state index in [0.29, 0.717) is 17.2 Å². The van der Waals surface area contributed by atoms with Crippen molar-refractivity contribution in [2.45, 2.75) is 19.9 Å². The van der Waals surface area contributed by atoms with Crippen molar-refractivity contribution in [2.75, 3.05) is 7.05 Å². The van der Waals surface area contributed by atoms with E-state index in [2.05, 4.69) is 10.3 Å². The van der Waals surface area contributed by atoms with Gasteiger partial charge in [-0.1, -0.05) is 6.07 Å². The molecule has 1 unspecified atom stereocenters. The van der Waals surface area contributed by atoms with Crippen LogP contribution in [0.5, 0.6) is 11.6 Å². The monoisotopic (exact) mass is 260 g/mol. The summed E-state index contributed by atoms with van der Waals surface area (Å²) in [6.45, 7) is 3.73. The molecule has 19 heavy (non-hydrogen) atoms. The summed E-state index contributed by atoms with van der Waals surface area (Å²) in [5, 5.41) is 3.15. The number of ether oxygens (including phenoxy) is 1. The number of hydrogen-bond donors (Lipinski definition) is 1. The quantitative estimate of drug-likeness (QED) is 0.912. The van der Waals surface area contributed by atoms with Crippen LogP contribution < -0.4 is 10.1 Å². The third-order valence-corrected chi connectivity index (χ3v) is 3.04. The zero-order valence-electron chi connectivity index (χ0n) is 11.3. The van der Waals surface area contributed by atoms with Gasteiger partial charge in [-0.25, -0.2) is 9.37 Å². The Balaban J connectivity index is 2.30. The van der Waals surface area contributed by atoms with E-state index >= 15 is 0 Å². The second kappa shape index (κ2) is 5.80. The Kier molecular flexibility index (Phi) is 4.12. The van der Waals surface area contributed by atoms with Gasteiger partial charge in [0.1, 0.15) is 11.6 Å². The minimum absolute atomic E-state index is 0.130. The zero-order chi connectivity index (χ0) is 13.8. The first-order chi connectivity index (χ1) is 9.11. The van der Waals surface area contributed by atoms with Crippen molar-refractivity contribution < 1.29 is 9.13 Å². The van der Waals surface area contributed by atoms with E-state index in [1.807, 2.05) is 26.1 Å². The van der Waals surface area contributed by atoms with Gasteiger partial charge in [0.15, 0.2) is 0 Å². The molecule has 0 aliphatic heterocycles. The Bertz CT molecular complexity index is 572. The van der Waals surface area contributed by atoms with E-state index in [4.69, 9.17) is 4.74 Å². The lowest BCUT2D eigenvalue weighted by atomic mass is 10.1. The predicted octanol–water partition coefficient (Wildman–Crippen LogP) is 3.60. The summed E-state index contributed by atoms with van der Waals surface area (Å²) >= 11 is 0. The molecule has 2 aromatic rings. The zero-order valence-corrected chi connectivity index (χ0v) is 11.3. The molecule has 0 aliphatic rings. The van der Waals surface area contributed by atoms with Crippen molar-refractivity contribution in [1.82, 2.24) is 10.3 Å². The maximum absolute atomic E-state index is 13.2. The van der Waals surface area contributed by atoms with Gasteiger partial charge in [-0.3, -0.25) is 0 Å². The minimum Gasteiger partial charge on any atom is -0.439 e. The van der Waals surface area contributed by atoms with Crippen LogP contribution in [0.1, 0.15) is 24.1 Å². The highest BCUT2D eigenvalue weighted by Gasteiger charge is 2.12. The summed E-state index contributed by atoms with van der Waals surface area (Å²) in [7, 11) is 1.88. The van der Waals surface area contributed by atoms with Crippen LogP contribution in [0.4, 0.5) is 4.39 Å². The third-order valence-electron chi connectivity index (χ3n) is 3.04. The first-order valence-corrected chi connectivity index (χ1v) is 6.18. The number of aryl methyl sites for hydroxylation is 1. The highest BCUT2D eigenvalue weighted by atomic mass is 19.1. The number of hydrogen-bond acceptors (Lipinski definition) is 3. The molecule has 0 fully saturated rings. The molecular weight excluding hydrogens is 243 g/mol. The van der Waals surface area contributed by atoms with Gasteiger partial charge in [0, 0.05) is 17.8 Å². The smallest absolute Gasteiger partial charge is 0.223 e. The molecule has 3 nitrogen and oxygen atoms in total. The number of nitrogens with one attached hydrogen (secondary N) is 1. The van der Waals surface area contributed by atoms with Crippen LogP contribution in [-0.2, 0) is 0 Å². The van der Waals surface area contributed by atoms with Gasteiger partial charge in [-0.05, 0) is 50.7 Å². The first kappa shape index (κ1) is 13.5. The SMILES string of the molecule is CNC(C)c1cccnc1Oc1ccc(F)c(C)c1. The number of aromatic nitrogens is 1.